The minimum absolute atomic E-state index is 0.0203. The van der Waals surface area contributed by atoms with Crippen LogP contribution >= 0.6 is 0 Å². The number of aliphatic hydroxyl groups is 1. The normalized spacial score (nSPS) is 18.7. The second-order valence-corrected chi connectivity index (χ2v) is 8.43. The van der Waals surface area contributed by atoms with Gasteiger partial charge in [0.05, 0.1) is 6.61 Å². The zero-order valence-electron chi connectivity index (χ0n) is 19.0. The molecule has 0 aromatic heterocycles. The van der Waals surface area contributed by atoms with Crippen LogP contribution in [0.25, 0.3) is 0 Å². The molecule has 2 N–H and O–H groups in total. The number of benzene rings is 2. The minimum atomic E-state index is -0.506. The third-order valence-electron chi connectivity index (χ3n) is 5.79. The van der Waals surface area contributed by atoms with Gasteiger partial charge in [0.1, 0.15) is 23.7 Å². The summed E-state index contributed by atoms with van der Waals surface area (Å²) in [5.41, 5.74) is 4.86. The topological polar surface area (TPSA) is 71.0 Å². The first-order valence-corrected chi connectivity index (χ1v) is 10.9. The number of aryl methyl sites for hydroxylation is 2. The van der Waals surface area contributed by atoms with E-state index in [1.807, 2.05) is 24.3 Å². The molecule has 1 aliphatic heterocycles. The fourth-order valence-corrected chi connectivity index (χ4v) is 3.79. The van der Waals surface area contributed by atoms with Crippen LogP contribution in [0.5, 0.6) is 11.5 Å². The highest BCUT2D eigenvalue weighted by Crippen LogP contribution is 2.25. The van der Waals surface area contributed by atoms with Crippen molar-refractivity contribution in [3.05, 3.63) is 58.7 Å². The Kier molecular flexibility index (Phi) is 7.93. The van der Waals surface area contributed by atoms with Crippen molar-refractivity contribution in [3.8, 4) is 11.5 Å². The van der Waals surface area contributed by atoms with Gasteiger partial charge in [0.25, 0.3) is 0 Å². The van der Waals surface area contributed by atoms with Gasteiger partial charge < -0.3 is 19.9 Å². The van der Waals surface area contributed by atoms with Crippen LogP contribution in [0.3, 0.4) is 0 Å². The molecule has 0 unspecified atom stereocenters. The van der Waals surface area contributed by atoms with Gasteiger partial charge in [-0.15, -0.1) is 0 Å². The minimum Gasteiger partial charge on any atom is -0.494 e. The van der Waals surface area contributed by atoms with Crippen LogP contribution in [-0.2, 0) is 11.3 Å². The van der Waals surface area contributed by atoms with Crippen molar-refractivity contribution >= 4 is 5.91 Å². The molecule has 31 heavy (non-hydrogen) atoms. The van der Waals surface area contributed by atoms with Gasteiger partial charge in [-0.1, -0.05) is 12.1 Å². The van der Waals surface area contributed by atoms with Crippen LogP contribution in [0, 0.1) is 20.8 Å². The number of likely N-dealkylation sites (tertiary alicyclic amines) is 1. The van der Waals surface area contributed by atoms with Gasteiger partial charge in [-0.05, 0) is 73.7 Å². The Bertz CT molecular complexity index is 859. The zero-order chi connectivity index (χ0) is 22.4. The molecule has 3 rings (SSSR count). The van der Waals surface area contributed by atoms with E-state index in [1.165, 1.54) is 29.2 Å². The molecule has 0 aliphatic carbocycles. The van der Waals surface area contributed by atoms with E-state index in [4.69, 9.17) is 9.47 Å². The number of hydrogen-bond acceptors (Lipinski definition) is 5. The Labute approximate surface area is 185 Å². The summed E-state index contributed by atoms with van der Waals surface area (Å²) in [6.45, 7) is 11.0. The Balaban J connectivity index is 1.47. The van der Waals surface area contributed by atoms with E-state index in [9.17, 15) is 9.90 Å². The van der Waals surface area contributed by atoms with Crippen LogP contribution in [0.15, 0.2) is 36.4 Å². The molecule has 2 aromatic carbocycles. The standard InChI is InChI=1S/C25H34N2O4/c1-17-12-23(13-18(2)19(17)3)31-25-16-27(15-24(25)29)14-21-6-8-22(9-7-21)30-11-5-10-26-20(4)28/h6-9,12-13,24-25,29H,5,10-11,14-16H2,1-4H3,(H,26,28)/t24-,25-/m0/s1. The Hall–Kier alpha value is -2.57. The monoisotopic (exact) mass is 426 g/mol. The van der Waals surface area contributed by atoms with Gasteiger partial charge in [-0.2, -0.15) is 0 Å². The fourth-order valence-electron chi connectivity index (χ4n) is 3.79. The largest absolute Gasteiger partial charge is 0.494 e. The van der Waals surface area contributed by atoms with Crippen LogP contribution in [-0.4, -0.2) is 54.4 Å². The number of aliphatic hydroxyl groups excluding tert-OH is 1. The first-order chi connectivity index (χ1) is 14.8. The van der Waals surface area contributed by atoms with Crippen molar-refractivity contribution in [3.63, 3.8) is 0 Å². The zero-order valence-corrected chi connectivity index (χ0v) is 19.0. The van der Waals surface area contributed by atoms with Gasteiger partial charge in [0, 0.05) is 33.1 Å². The Morgan fingerprint density at radius 1 is 1.10 bits per heavy atom. The van der Waals surface area contributed by atoms with Crippen molar-refractivity contribution in [2.45, 2.75) is 52.9 Å². The van der Waals surface area contributed by atoms with Crippen molar-refractivity contribution in [2.75, 3.05) is 26.2 Å². The molecular weight excluding hydrogens is 392 g/mol. The number of carbonyl (C=O) groups is 1. The van der Waals surface area contributed by atoms with E-state index >= 15 is 0 Å². The predicted molar refractivity (Wildman–Crippen MR) is 122 cm³/mol. The molecule has 1 aliphatic rings. The molecule has 0 bridgehead atoms. The lowest BCUT2D eigenvalue weighted by Gasteiger charge is -2.19. The molecule has 1 amide bonds. The molecule has 1 saturated heterocycles. The highest BCUT2D eigenvalue weighted by Gasteiger charge is 2.33. The molecule has 168 valence electrons. The van der Waals surface area contributed by atoms with Gasteiger partial charge in [0.15, 0.2) is 0 Å². The number of hydrogen-bond donors (Lipinski definition) is 2. The number of nitrogens with zero attached hydrogens (tertiary/aromatic N) is 1. The molecule has 6 nitrogen and oxygen atoms in total. The van der Waals surface area contributed by atoms with Crippen LogP contribution in [0.4, 0.5) is 0 Å². The van der Waals surface area contributed by atoms with Gasteiger partial charge >= 0.3 is 0 Å². The lowest BCUT2D eigenvalue weighted by atomic mass is 10.0. The molecular formula is C25H34N2O4. The third-order valence-corrected chi connectivity index (χ3v) is 5.79. The molecule has 0 radical (unpaired) electrons. The average molecular weight is 427 g/mol. The van der Waals surface area contributed by atoms with E-state index in [2.05, 4.69) is 43.1 Å². The van der Waals surface area contributed by atoms with Crippen LogP contribution in [0.1, 0.15) is 35.6 Å². The number of carbonyl (C=O) groups excluding carboxylic acids is 1. The van der Waals surface area contributed by atoms with Crippen molar-refractivity contribution in [2.24, 2.45) is 0 Å². The van der Waals surface area contributed by atoms with Gasteiger partial charge in [0.2, 0.25) is 5.91 Å². The number of nitrogens with one attached hydrogen (secondary N) is 1. The predicted octanol–water partition coefficient (Wildman–Crippen LogP) is 3.14. The van der Waals surface area contributed by atoms with Crippen molar-refractivity contribution < 1.29 is 19.4 Å². The summed E-state index contributed by atoms with van der Waals surface area (Å²) in [7, 11) is 0. The first-order valence-electron chi connectivity index (χ1n) is 10.9. The van der Waals surface area contributed by atoms with Crippen molar-refractivity contribution in [1.82, 2.24) is 10.2 Å². The summed E-state index contributed by atoms with van der Waals surface area (Å²) < 4.78 is 11.8. The number of rotatable bonds is 9. The SMILES string of the molecule is CC(=O)NCCCOc1ccc(CN2C[C@H](Oc3cc(C)c(C)c(C)c3)[C@@H](O)C2)cc1. The van der Waals surface area contributed by atoms with E-state index in [-0.39, 0.29) is 12.0 Å². The summed E-state index contributed by atoms with van der Waals surface area (Å²) in [5, 5.41) is 13.3. The summed E-state index contributed by atoms with van der Waals surface area (Å²) in [4.78, 5) is 13.1. The third kappa shape index (κ3) is 6.71. The maximum absolute atomic E-state index is 10.8. The second-order valence-electron chi connectivity index (χ2n) is 8.43. The first kappa shape index (κ1) is 23.1. The fraction of sp³-hybridized carbons (Fsp3) is 0.480. The smallest absolute Gasteiger partial charge is 0.216 e. The van der Waals surface area contributed by atoms with E-state index in [0.717, 1.165) is 24.5 Å². The Morgan fingerprint density at radius 3 is 2.42 bits per heavy atom. The van der Waals surface area contributed by atoms with Crippen LogP contribution in [0.2, 0.25) is 0 Å². The molecule has 1 heterocycles. The second kappa shape index (κ2) is 10.6. The van der Waals surface area contributed by atoms with Gasteiger partial charge in [-0.3, -0.25) is 9.69 Å². The van der Waals surface area contributed by atoms with Crippen LogP contribution < -0.4 is 14.8 Å². The van der Waals surface area contributed by atoms with E-state index in [1.54, 1.807) is 0 Å². The molecule has 0 spiro atoms. The number of ether oxygens (including phenoxy) is 2. The van der Waals surface area contributed by atoms with E-state index in [0.29, 0.717) is 26.2 Å². The summed E-state index contributed by atoms with van der Waals surface area (Å²) >= 11 is 0. The molecule has 0 saturated carbocycles. The summed E-state index contributed by atoms with van der Waals surface area (Å²) in [6, 6.07) is 12.1. The highest BCUT2D eigenvalue weighted by atomic mass is 16.5. The lowest BCUT2D eigenvalue weighted by Crippen LogP contribution is -2.30. The van der Waals surface area contributed by atoms with Gasteiger partial charge in [-0.25, -0.2) is 0 Å². The highest BCUT2D eigenvalue weighted by molar-refractivity contribution is 5.72. The lowest BCUT2D eigenvalue weighted by molar-refractivity contribution is -0.118. The molecule has 6 heteroatoms. The molecule has 1 fully saturated rings. The number of β-amino-alcohol motifs (C(OH)–C–C–N with tert-alkyl or cyclic N) is 1. The molecule has 2 aromatic rings. The maximum Gasteiger partial charge on any atom is 0.216 e. The Morgan fingerprint density at radius 2 is 1.77 bits per heavy atom. The van der Waals surface area contributed by atoms with E-state index < -0.39 is 6.10 Å². The summed E-state index contributed by atoms with van der Waals surface area (Å²) in [5.74, 6) is 1.62. The maximum atomic E-state index is 10.8. The number of amides is 1. The summed E-state index contributed by atoms with van der Waals surface area (Å²) in [6.07, 6.45) is 0.0369. The van der Waals surface area contributed by atoms with Crippen molar-refractivity contribution in [1.29, 1.82) is 0 Å². The average Bonchev–Trinajstić information content (AvgIpc) is 3.05. The quantitative estimate of drug-likeness (QED) is 0.603. The molecule has 2 atom stereocenters.